The highest BCUT2D eigenvalue weighted by molar-refractivity contribution is 5.84. The molecule has 3 aromatic heterocycles. The smallest absolute Gasteiger partial charge is 0.150 e. The molecule has 4 aromatic rings. The second-order valence-corrected chi connectivity index (χ2v) is 7.81. The molecule has 0 aliphatic carbocycles. The van der Waals surface area contributed by atoms with Crippen molar-refractivity contribution in [2.45, 2.75) is 25.7 Å². The van der Waals surface area contributed by atoms with E-state index in [1.165, 1.54) is 10.9 Å². The predicted molar refractivity (Wildman–Crippen MR) is 115 cm³/mol. The maximum Gasteiger partial charge on any atom is 0.150 e. The average molecular weight is 384 g/mol. The molecule has 1 aliphatic rings. The Morgan fingerprint density at radius 1 is 0.931 bits per heavy atom. The first kappa shape index (κ1) is 17.8. The third-order valence-electron chi connectivity index (χ3n) is 5.86. The van der Waals surface area contributed by atoms with Crippen molar-refractivity contribution in [2.24, 2.45) is 7.05 Å². The zero-order valence-corrected chi connectivity index (χ0v) is 16.8. The van der Waals surface area contributed by atoms with Crippen molar-refractivity contribution in [1.29, 1.82) is 0 Å². The van der Waals surface area contributed by atoms with Crippen LogP contribution in [0, 0.1) is 6.92 Å². The van der Waals surface area contributed by atoms with E-state index in [4.69, 9.17) is 0 Å². The fourth-order valence-corrected chi connectivity index (χ4v) is 4.27. The quantitative estimate of drug-likeness (QED) is 0.532. The molecular weight excluding hydrogens is 360 g/mol. The summed E-state index contributed by atoms with van der Waals surface area (Å²) in [5.41, 5.74) is 5.65. The standard InChI is InChI=1S/C23H24N6/c1-16-23(25-8-7-24-16)29-9-5-17(6-10-29)18-3-4-22-19(11-18)12-20(13-26-22)21-14-27-28(2)15-21/h3-4,7-8,11-15,17H,5-6,9-10H2,1-2H3. The van der Waals surface area contributed by atoms with Gasteiger partial charge in [0.05, 0.1) is 17.4 Å². The van der Waals surface area contributed by atoms with Crippen molar-refractivity contribution in [2.75, 3.05) is 18.0 Å². The fraction of sp³-hybridized carbons (Fsp3) is 0.304. The van der Waals surface area contributed by atoms with Crippen LogP contribution in [0.25, 0.3) is 22.0 Å². The molecule has 0 N–H and O–H groups in total. The minimum absolute atomic E-state index is 0.565. The van der Waals surface area contributed by atoms with Crippen molar-refractivity contribution in [3.05, 3.63) is 66.5 Å². The molecule has 4 heterocycles. The van der Waals surface area contributed by atoms with Crippen LogP contribution in [0.5, 0.6) is 0 Å². The highest BCUT2D eigenvalue weighted by Crippen LogP contribution is 2.32. The number of pyridine rings is 1. The molecule has 0 spiro atoms. The Labute approximate surface area is 170 Å². The van der Waals surface area contributed by atoms with Crippen molar-refractivity contribution in [3.63, 3.8) is 0 Å². The Morgan fingerprint density at radius 3 is 2.52 bits per heavy atom. The van der Waals surface area contributed by atoms with Crippen molar-refractivity contribution >= 4 is 16.7 Å². The number of anilines is 1. The van der Waals surface area contributed by atoms with Crippen LogP contribution in [0.15, 0.2) is 55.2 Å². The first-order valence-corrected chi connectivity index (χ1v) is 10.1. The van der Waals surface area contributed by atoms with E-state index >= 15 is 0 Å². The molecular formula is C23H24N6. The fourth-order valence-electron chi connectivity index (χ4n) is 4.27. The minimum Gasteiger partial charge on any atom is -0.355 e. The Hall–Kier alpha value is -3.28. The molecule has 6 heteroatoms. The second kappa shape index (κ2) is 7.28. The lowest BCUT2D eigenvalue weighted by Crippen LogP contribution is -2.34. The monoisotopic (exact) mass is 384 g/mol. The molecule has 0 radical (unpaired) electrons. The van der Waals surface area contributed by atoms with E-state index in [1.807, 2.05) is 37.2 Å². The van der Waals surface area contributed by atoms with Gasteiger partial charge in [0.2, 0.25) is 0 Å². The normalized spacial score (nSPS) is 15.2. The van der Waals surface area contributed by atoms with Gasteiger partial charge in [-0.25, -0.2) is 4.98 Å². The summed E-state index contributed by atoms with van der Waals surface area (Å²) in [5, 5.41) is 5.47. The van der Waals surface area contributed by atoms with Gasteiger partial charge in [-0.3, -0.25) is 14.6 Å². The summed E-state index contributed by atoms with van der Waals surface area (Å²) in [4.78, 5) is 15.9. The molecule has 1 fully saturated rings. The van der Waals surface area contributed by atoms with E-state index in [0.717, 1.165) is 54.1 Å². The number of hydrogen-bond donors (Lipinski definition) is 0. The summed E-state index contributed by atoms with van der Waals surface area (Å²) in [5.74, 6) is 1.59. The lowest BCUT2D eigenvalue weighted by Gasteiger charge is -2.33. The topological polar surface area (TPSA) is 59.7 Å². The highest BCUT2D eigenvalue weighted by Gasteiger charge is 2.23. The lowest BCUT2D eigenvalue weighted by atomic mass is 9.88. The maximum atomic E-state index is 4.65. The number of benzene rings is 1. The van der Waals surface area contributed by atoms with Crippen LogP contribution in [0.3, 0.4) is 0 Å². The molecule has 5 rings (SSSR count). The molecule has 0 amide bonds. The van der Waals surface area contributed by atoms with Gasteiger partial charge >= 0.3 is 0 Å². The van der Waals surface area contributed by atoms with Gasteiger partial charge in [-0.2, -0.15) is 5.10 Å². The van der Waals surface area contributed by atoms with Crippen molar-refractivity contribution in [3.8, 4) is 11.1 Å². The molecule has 0 bridgehead atoms. The number of hydrogen-bond acceptors (Lipinski definition) is 5. The van der Waals surface area contributed by atoms with Crippen molar-refractivity contribution in [1.82, 2.24) is 24.7 Å². The first-order chi connectivity index (χ1) is 14.2. The SMILES string of the molecule is Cc1nccnc1N1CCC(c2ccc3ncc(-c4cnn(C)c4)cc3c2)CC1. The Kier molecular flexibility index (Phi) is 4.46. The molecule has 1 saturated heterocycles. The van der Waals surface area contributed by atoms with Gasteiger partial charge in [-0.1, -0.05) is 6.07 Å². The van der Waals surface area contributed by atoms with Crippen LogP contribution in [0.1, 0.15) is 30.0 Å². The van der Waals surface area contributed by atoms with E-state index in [1.54, 1.807) is 12.4 Å². The molecule has 1 aromatic carbocycles. The van der Waals surface area contributed by atoms with E-state index < -0.39 is 0 Å². The van der Waals surface area contributed by atoms with Gasteiger partial charge in [0.25, 0.3) is 0 Å². The summed E-state index contributed by atoms with van der Waals surface area (Å²) in [6, 6.07) is 8.93. The van der Waals surface area contributed by atoms with E-state index in [-0.39, 0.29) is 0 Å². The molecule has 29 heavy (non-hydrogen) atoms. The number of fused-ring (bicyclic) bond motifs is 1. The summed E-state index contributed by atoms with van der Waals surface area (Å²) in [6.45, 7) is 4.05. The van der Waals surface area contributed by atoms with Gasteiger partial charge in [-0.15, -0.1) is 0 Å². The minimum atomic E-state index is 0.565. The van der Waals surface area contributed by atoms with Gasteiger partial charge in [0.15, 0.2) is 0 Å². The Balaban J connectivity index is 1.37. The third-order valence-corrected chi connectivity index (χ3v) is 5.86. The lowest BCUT2D eigenvalue weighted by molar-refractivity contribution is 0.502. The number of aromatic nitrogens is 5. The summed E-state index contributed by atoms with van der Waals surface area (Å²) >= 11 is 0. The summed E-state index contributed by atoms with van der Waals surface area (Å²) < 4.78 is 1.82. The Bertz CT molecular complexity index is 1160. The number of rotatable bonds is 3. The summed E-state index contributed by atoms with van der Waals surface area (Å²) in [6.07, 6.45) is 11.6. The van der Waals surface area contributed by atoms with E-state index in [2.05, 4.69) is 49.2 Å². The predicted octanol–water partition coefficient (Wildman–Crippen LogP) is 4.12. The van der Waals surface area contributed by atoms with Gasteiger partial charge in [0, 0.05) is 61.4 Å². The zero-order chi connectivity index (χ0) is 19.8. The van der Waals surface area contributed by atoms with Crippen LogP contribution >= 0.6 is 0 Å². The average Bonchev–Trinajstić information content (AvgIpc) is 3.20. The number of aryl methyl sites for hydroxylation is 2. The Morgan fingerprint density at radius 2 is 1.76 bits per heavy atom. The van der Waals surface area contributed by atoms with Gasteiger partial charge in [0.1, 0.15) is 5.82 Å². The van der Waals surface area contributed by atoms with Crippen LogP contribution in [-0.4, -0.2) is 37.8 Å². The largest absolute Gasteiger partial charge is 0.355 e. The van der Waals surface area contributed by atoms with Crippen LogP contribution < -0.4 is 4.90 Å². The molecule has 6 nitrogen and oxygen atoms in total. The molecule has 0 saturated carbocycles. The number of nitrogens with zero attached hydrogens (tertiary/aromatic N) is 6. The molecule has 0 unspecified atom stereocenters. The zero-order valence-electron chi connectivity index (χ0n) is 16.8. The van der Waals surface area contributed by atoms with E-state index in [9.17, 15) is 0 Å². The van der Waals surface area contributed by atoms with Gasteiger partial charge in [-0.05, 0) is 49.4 Å². The van der Waals surface area contributed by atoms with Crippen LogP contribution in [0.2, 0.25) is 0 Å². The molecule has 146 valence electrons. The highest BCUT2D eigenvalue weighted by atomic mass is 15.2. The number of piperidine rings is 1. The molecule has 1 aliphatic heterocycles. The first-order valence-electron chi connectivity index (χ1n) is 10.1. The van der Waals surface area contributed by atoms with Crippen LogP contribution in [0.4, 0.5) is 5.82 Å². The van der Waals surface area contributed by atoms with Crippen molar-refractivity contribution < 1.29 is 0 Å². The third kappa shape index (κ3) is 3.46. The molecule has 0 atom stereocenters. The van der Waals surface area contributed by atoms with Crippen LogP contribution in [-0.2, 0) is 7.05 Å². The van der Waals surface area contributed by atoms with Gasteiger partial charge < -0.3 is 4.90 Å². The van der Waals surface area contributed by atoms with E-state index in [0.29, 0.717) is 5.92 Å². The summed E-state index contributed by atoms with van der Waals surface area (Å²) in [7, 11) is 1.94. The second-order valence-electron chi connectivity index (χ2n) is 7.81. The maximum absolute atomic E-state index is 4.65.